The summed E-state index contributed by atoms with van der Waals surface area (Å²) in [6.45, 7) is 1.04. The number of rotatable bonds is 1. The van der Waals surface area contributed by atoms with Gasteiger partial charge in [0, 0.05) is 23.9 Å². The Balaban J connectivity index is 1.86. The fraction of sp³-hybridized carbons (Fsp3) is 0.118. The van der Waals surface area contributed by atoms with Gasteiger partial charge < -0.3 is 4.57 Å². The predicted octanol–water partition coefficient (Wildman–Crippen LogP) is 4.17. The van der Waals surface area contributed by atoms with Gasteiger partial charge in [-0.3, -0.25) is 4.99 Å². The van der Waals surface area contributed by atoms with Crippen molar-refractivity contribution < 1.29 is 0 Å². The van der Waals surface area contributed by atoms with Crippen LogP contribution in [0.25, 0.3) is 10.9 Å². The molecule has 0 fully saturated rings. The van der Waals surface area contributed by atoms with Gasteiger partial charge in [-0.2, -0.15) is 0 Å². The van der Waals surface area contributed by atoms with Gasteiger partial charge in [-0.1, -0.05) is 36.4 Å². The predicted molar refractivity (Wildman–Crippen MR) is 79.2 cm³/mol. The number of fused-ring (bicyclic) bond motifs is 3. The Labute approximate surface area is 112 Å². The molecule has 2 heterocycles. The van der Waals surface area contributed by atoms with Gasteiger partial charge in [-0.05, 0) is 24.3 Å². The zero-order valence-electron chi connectivity index (χ0n) is 10.6. The highest BCUT2D eigenvalue weighted by molar-refractivity contribution is 6.06. The van der Waals surface area contributed by atoms with E-state index in [1.165, 1.54) is 22.3 Å². The summed E-state index contributed by atoms with van der Waals surface area (Å²) in [5, 5.41) is 1.30. The number of nitrogens with zero attached hydrogens (tertiary/aromatic N) is 2. The zero-order valence-corrected chi connectivity index (χ0v) is 10.6. The molecule has 1 aliphatic rings. The van der Waals surface area contributed by atoms with Crippen LogP contribution in [0.5, 0.6) is 0 Å². The molecule has 2 aromatic carbocycles. The SMILES string of the molecule is c1ccc(N=C2CCn3c2cc2ccccc23)cc1. The van der Waals surface area contributed by atoms with E-state index >= 15 is 0 Å². The first-order chi connectivity index (χ1) is 9.42. The van der Waals surface area contributed by atoms with Crippen molar-refractivity contribution in [2.45, 2.75) is 13.0 Å². The third kappa shape index (κ3) is 1.68. The lowest BCUT2D eigenvalue weighted by molar-refractivity contribution is 0.798. The minimum Gasteiger partial charge on any atom is -0.339 e. The fourth-order valence-corrected chi connectivity index (χ4v) is 2.81. The van der Waals surface area contributed by atoms with Crippen molar-refractivity contribution in [1.82, 2.24) is 4.57 Å². The van der Waals surface area contributed by atoms with Crippen LogP contribution in [0.3, 0.4) is 0 Å². The summed E-state index contributed by atoms with van der Waals surface area (Å²) in [6, 6.07) is 21.0. The summed E-state index contributed by atoms with van der Waals surface area (Å²) < 4.78 is 2.37. The van der Waals surface area contributed by atoms with Crippen LogP contribution in [0.4, 0.5) is 5.69 Å². The van der Waals surface area contributed by atoms with Crippen LogP contribution in [0.2, 0.25) is 0 Å². The van der Waals surface area contributed by atoms with Crippen LogP contribution in [-0.2, 0) is 6.54 Å². The fourth-order valence-electron chi connectivity index (χ4n) is 2.81. The maximum absolute atomic E-state index is 4.79. The van der Waals surface area contributed by atoms with Crippen LogP contribution < -0.4 is 0 Å². The largest absolute Gasteiger partial charge is 0.339 e. The molecule has 2 heteroatoms. The quantitative estimate of drug-likeness (QED) is 0.613. The van der Waals surface area contributed by atoms with E-state index in [0.29, 0.717) is 0 Å². The normalized spacial score (nSPS) is 16.1. The molecule has 1 aromatic heterocycles. The highest BCUT2D eigenvalue weighted by Crippen LogP contribution is 2.27. The Morgan fingerprint density at radius 1 is 0.895 bits per heavy atom. The molecule has 0 amide bonds. The van der Waals surface area contributed by atoms with Gasteiger partial charge in [-0.15, -0.1) is 0 Å². The standard InChI is InChI=1S/C17H14N2/c1-2-7-14(8-3-1)18-15-10-11-19-16-9-5-4-6-13(16)12-17(15)19/h1-9,12H,10-11H2. The third-order valence-electron chi connectivity index (χ3n) is 3.70. The molecular weight excluding hydrogens is 232 g/mol. The average molecular weight is 246 g/mol. The number of hydrogen-bond donors (Lipinski definition) is 0. The summed E-state index contributed by atoms with van der Waals surface area (Å²) in [5.74, 6) is 0. The maximum atomic E-state index is 4.79. The Bertz CT molecular complexity index is 766. The maximum Gasteiger partial charge on any atom is 0.0665 e. The smallest absolute Gasteiger partial charge is 0.0665 e. The van der Waals surface area contributed by atoms with Crippen LogP contribution in [-0.4, -0.2) is 10.3 Å². The number of para-hydroxylation sites is 2. The van der Waals surface area contributed by atoms with Gasteiger partial charge in [-0.25, -0.2) is 0 Å². The first kappa shape index (κ1) is 10.6. The van der Waals surface area contributed by atoms with E-state index in [4.69, 9.17) is 4.99 Å². The zero-order chi connectivity index (χ0) is 12.7. The molecule has 19 heavy (non-hydrogen) atoms. The lowest BCUT2D eigenvalue weighted by atomic mass is 10.2. The summed E-state index contributed by atoms with van der Waals surface area (Å²) in [7, 11) is 0. The number of aliphatic imine (C=N–C) groups is 1. The summed E-state index contributed by atoms with van der Waals surface area (Å²) in [5.41, 5.74) is 4.82. The lowest BCUT2D eigenvalue weighted by Crippen LogP contribution is -1.93. The molecule has 0 N–H and O–H groups in total. The Kier molecular flexibility index (Phi) is 2.27. The molecule has 0 unspecified atom stereocenters. The van der Waals surface area contributed by atoms with Crippen molar-refractivity contribution in [1.29, 1.82) is 0 Å². The average Bonchev–Trinajstić information content (AvgIpc) is 3.00. The molecule has 4 rings (SSSR count). The van der Waals surface area contributed by atoms with Gasteiger partial charge in [0.1, 0.15) is 0 Å². The summed E-state index contributed by atoms with van der Waals surface area (Å²) in [4.78, 5) is 4.79. The van der Waals surface area contributed by atoms with Crippen LogP contribution >= 0.6 is 0 Å². The second-order valence-electron chi connectivity index (χ2n) is 4.88. The van der Waals surface area contributed by atoms with Gasteiger partial charge >= 0.3 is 0 Å². The molecule has 0 radical (unpaired) electrons. The van der Waals surface area contributed by atoms with E-state index in [1.54, 1.807) is 0 Å². The molecule has 0 aliphatic carbocycles. The van der Waals surface area contributed by atoms with Crippen molar-refractivity contribution in [3.63, 3.8) is 0 Å². The topological polar surface area (TPSA) is 17.3 Å². The molecule has 0 atom stereocenters. The molecule has 0 bridgehead atoms. The van der Waals surface area contributed by atoms with E-state index in [-0.39, 0.29) is 0 Å². The first-order valence-corrected chi connectivity index (χ1v) is 6.63. The van der Waals surface area contributed by atoms with E-state index in [9.17, 15) is 0 Å². The van der Waals surface area contributed by atoms with Crippen LogP contribution in [0.15, 0.2) is 65.7 Å². The number of benzene rings is 2. The Morgan fingerprint density at radius 3 is 2.58 bits per heavy atom. The number of aromatic nitrogens is 1. The van der Waals surface area contributed by atoms with Gasteiger partial charge in [0.15, 0.2) is 0 Å². The molecule has 0 saturated carbocycles. The van der Waals surface area contributed by atoms with Crippen LogP contribution in [0.1, 0.15) is 12.1 Å². The van der Waals surface area contributed by atoms with E-state index in [0.717, 1.165) is 18.7 Å². The Morgan fingerprint density at radius 2 is 1.68 bits per heavy atom. The lowest BCUT2D eigenvalue weighted by Gasteiger charge is -1.98. The van der Waals surface area contributed by atoms with E-state index < -0.39 is 0 Å². The molecule has 92 valence electrons. The monoisotopic (exact) mass is 246 g/mol. The number of hydrogen-bond acceptors (Lipinski definition) is 1. The second kappa shape index (κ2) is 4.09. The third-order valence-corrected chi connectivity index (χ3v) is 3.70. The van der Waals surface area contributed by atoms with E-state index in [1.807, 2.05) is 18.2 Å². The van der Waals surface area contributed by atoms with Gasteiger partial charge in [0.25, 0.3) is 0 Å². The molecule has 3 aromatic rings. The van der Waals surface area contributed by atoms with Crippen molar-refractivity contribution in [3.05, 3.63) is 66.4 Å². The second-order valence-corrected chi connectivity index (χ2v) is 4.88. The highest BCUT2D eigenvalue weighted by atomic mass is 15.0. The first-order valence-electron chi connectivity index (χ1n) is 6.63. The van der Waals surface area contributed by atoms with Crippen molar-refractivity contribution in [3.8, 4) is 0 Å². The molecule has 2 nitrogen and oxygen atoms in total. The van der Waals surface area contributed by atoms with Gasteiger partial charge in [0.05, 0.1) is 17.1 Å². The van der Waals surface area contributed by atoms with Crippen molar-refractivity contribution in [2.24, 2.45) is 4.99 Å². The number of aryl methyl sites for hydroxylation is 1. The molecule has 0 saturated heterocycles. The molecule has 1 aliphatic heterocycles. The highest BCUT2D eigenvalue weighted by Gasteiger charge is 2.20. The van der Waals surface area contributed by atoms with Crippen LogP contribution in [0, 0.1) is 0 Å². The summed E-state index contributed by atoms with van der Waals surface area (Å²) in [6.07, 6.45) is 1.02. The Hall–Kier alpha value is -2.35. The van der Waals surface area contributed by atoms with E-state index in [2.05, 4.69) is 47.0 Å². The van der Waals surface area contributed by atoms with Gasteiger partial charge in [0.2, 0.25) is 0 Å². The minimum atomic E-state index is 1.02. The van der Waals surface area contributed by atoms with Crippen molar-refractivity contribution >= 4 is 22.3 Å². The molecular formula is C17H14N2. The van der Waals surface area contributed by atoms with Crippen molar-refractivity contribution in [2.75, 3.05) is 0 Å². The summed E-state index contributed by atoms with van der Waals surface area (Å²) >= 11 is 0. The molecule has 0 spiro atoms. The minimum absolute atomic E-state index is 1.02.